The van der Waals surface area contributed by atoms with E-state index >= 15 is 0 Å². The molecule has 0 spiro atoms. The van der Waals surface area contributed by atoms with Crippen molar-refractivity contribution in [3.63, 3.8) is 0 Å². The summed E-state index contributed by atoms with van der Waals surface area (Å²) in [6.45, 7) is 2.37. The van der Waals surface area contributed by atoms with Gasteiger partial charge in [-0.1, -0.05) is 64.7 Å². The first-order chi connectivity index (χ1) is 12.8. The minimum absolute atomic E-state index is 0.00999. The Morgan fingerprint density at radius 2 is 1.33 bits per heavy atom. The molecule has 0 heterocycles. The highest BCUT2D eigenvalue weighted by Gasteiger charge is 2.35. The van der Waals surface area contributed by atoms with Gasteiger partial charge in [0.15, 0.2) is 5.25 Å². The minimum Gasteiger partial charge on any atom is -0.481 e. The summed E-state index contributed by atoms with van der Waals surface area (Å²) in [6.07, 6.45) is 11.0. The quantitative estimate of drug-likeness (QED) is 0.245. The fourth-order valence-electron chi connectivity index (χ4n) is 2.56. The van der Waals surface area contributed by atoms with Crippen molar-refractivity contribution < 1.29 is 37.1 Å². The Bertz CT molecular complexity index is 503. The molecule has 0 aliphatic rings. The second kappa shape index (κ2) is 15.8. The summed E-state index contributed by atoms with van der Waals surface area (Å²) in [4.78, 5) is 21.4. The molecule has 0 aromatic heterocycles. The zero-order valence-electron chi connectivity index (χ0n) is 16.2. The van der Waals surface area contributed by atoms with Crippen LogP contribution in [0.2, 0.25) is 0 Å². The topological polar surface area (TPSA) is 127 Å². The number of hydrogen-bond donors (Lipinski definition) is 2. The van der Waals surface area contributed by atoms with Crippen molar-refractivity contribution >= 4 is 22.1 Å². The van der Waals surface area contributed by atoms with Gasteiger partial charge in [-0.25, -0.2) is 0 Å². The molecule has 160 valence electrons. The molecule has 0 saturated carbocycles. The molecule has 0 radical (unpaired) electrons. The third-order valence-electron chi connectivity index (χ3n) is 4.10. The van der Waals surface area contributed by atoms with Crippen LogP contribution in [0.5, 0.6) is 0 Å². The number of aliphatic carboxylic acids is 2. The third kappa shape index (κ3) is 14.5. The molecule has 1 atom stereocenters. The van der Waals surface area contributed by atoms with Gasteiger partial charge in [0.1, 0.15) is 0 Å². The van der Waals surface area contributed by atoms with Gasteiger partial charge in [0, 0.05) is 6.61 Å². The lowest BCUT2D eigenvalue weighted by atomic mass is 10.1. The summed E-state index contributed by atoms with van der Waals surface area (Å²) in [5.74, 6) is -3.27. The van der Waals surface area contributed by atoms with E-state index in [1.165, 1.54) is 44.9 Å². The lowest BCUT2D eigenvalue weighted by molar-refractivity contribution is -0.143. The van der Waals surface area contributed by atoms with Gasteiger partial charge < -0.3 is 14.9 Å². The number of ether oxygens (including phenoxy) is 1. The third-order valence-corrected chi connectivity index (χ3v) is 5.66. The Hall–Kier alpha value is -1.19. The molecular formula is C18H34O8S. The molecule has 0 aromatic carbocycles. The first-order valence-electron chi connectivity index (χ1n) is 9.71. The van der Waals surface area contributed by atoms with Gasteiger partial charge in [0.25, 0.3) is 10.1 Å². The van der Waals surface area contributed by atoms with E-state index in [0.29, 0.717) is 6.61 Å². The van der Waals surface area contributed by atoms with E-state index in [0.717, 1.165) is 19.3 Å². The Morgan fingerprint density at radius 3 is 1.81 bits per heavy atom. The summed E-state index contributed by atoms with van der Waals surface area (Å²) >= 11 is 0. The van der Waals surface area contributed by atoms with Crippen molar-refractivity contribution in [1.29, 1.82) is 0 Å². The first kappa shape index (κ1) is 25.8. The Morgan fingerprint density at radius 1 is 0.815 bits per heavy atom. The highest BCUT2D eigenvalue weighted by molar-refractivity contribution is 7.88. The van der Waals surface area contributed by atoms with Crippen molar-refractivity contribution in [2.45, 2.75) is 82.8 Å². The van der Waals surface area contributed by atoms with Gasteiger partial charge in [-0.3, -0.25) is 13.8 Å². The molecule has 1 unspecified atom stereocenters. The van der Waals surface area contributed by atoms with Crippen LogP contribution in [0.3, 0.4) is 0 Å². The van der Waals surface area contributed by atoms with Crippen molar-refractivity contribution in [1.82, 2.24) is 0 Å². The van der Waals surface area contributed by atoms with Crippen LogP contribution in [-0.4, -0.2) is 55.6 Å². The molecule has 2 N–H and O–H groups in total. The van der Waals surface area contributed by atoms with E-state index in [2.05, 4.69) is 11.1 Å². The Labute approximate surface area is 162 Å². The van der Waals surface area contributed by atoms with Crippen LogP contribution in [0.25, 0.3) is 0 Å². The maximum Gasteiger partial charge on any atom is 0.325 e. The lowest BCUT2D eigenvalue weighted by Crippen LogP contribution is -2.34. The summed E-state index contributed by atoms with van der Waals surface area (Å²) < 4.78 is 33.2. The molecule has 0 saturated heterocycles. The predicted octanol–water partition coefficient (Wildman–Crippen LogP) is 3.20. The summed E-state index contributed by atoms with van der Waals surface area (Å²) in [5, 5.41) is 15.3. The number of carbonyl (C=O) groups is 2. The molecule has 9 heteroatoms. The predicted molar refractivity (Wildman–Crippen MR) is 101 cm³/mol. The molecule has 0 amide bonds. The van der Waals surface area contributed by atoms with Gasteiger partial charge in [0.2, 0.25) is 0 Å². The van der Waals surface area contributed by atoms with E-state index in [9.17, 15) is 18.0 Å². The van der Waals surface area contributed by atoms with Gasteiger partial charge in [0.05, 0.1) is 19.6 Å². The molecule has 0 aliphatic heterocycles. The number of carboxylic acid groups (broad SMARTS) is 2. The summed E-state index contributed by atoms with van der Waals surface area (Å²) in [6, 6.07) is 0. The zero-order valence-corrected chi connectivity index (χ0v) is 17.0. The second-order valence-corrected chi connectivity index (χ2v) is 8.32. The van der Waals surface area contributed by atoms with Crippen molar-refractivity contribution in [3.8, 4) is 0 Å². The van der Waals surface area contributed by atoms with Gasteiger partial charge >= 0.3 is 11.9 Å². The first-order valence-corrected chi connectivity index (χ1v) is 11.2. The smallest absolute Gasteiger partial charge is 0.325 e. The van der Waals surface area contributed by atoms with Gasteiger partial charge in [-0.15, -0.1) is 0 Å². The molecular weight excluding hydrogens is 376 g/mol. The van der Waals surface area contributed by atoms with Crippen molar-refractivity contribution in [2.24, 2.45) is 0 Å². The second-order valence-electron chi connectivity index (χ2n) is 6.53. The minimum atomic E-state index is -4.49. The maximum atomic E-state index is 11.7. The molecule has 8 nitrogen and oxygen atoms in total. The van der Waals surface area contributed by atoms with Gasteiger partial charge in [-0.05, 0) is 6.42 Å². The highest BCUT2D eigenvalue weighted by atomic mass is 32.2. The van der Waals surface area contributed by atoms with Crippen LogP contribution in [-0.2, 0) is 28.6 Å². The number of unbranched alkanes of at least 4 members (excludes halogenated alkanes) is 9. The van der Waals surface area contributed by atoms with Crippen LogP contribution in [0.4, 0.5) is 0 Å². The van der Waals surface area contributed by atoms with Crippen LogP contribution in [0, 0.1) is 0 Å². The van der Waals surface area contributed by atoms with Crippen molar-refractivity contribution in [3.05, 3.63) is 0 Å². The van der Waals surface area contributed by atoms with Crippen molar-refractivity contribution in [2.75, 3.05) is 19.8 Å². The molecule has 0 rings (SSSR count). The van der Waals surface area contributed by atoms with Crippen LogP contribution in [0.1, 0.15) is 77.6 Å². The molecule has 27 heavy (non-hydrogen) atoms. The molecule has 0 aliphatic carbocycles. The zero-order chi connectivity index (χ0) is 20.5. The standard InChI is InChI=1S/C18H34O8S/c1-2-3-4-5-6-7-8-9-10-11-12-25-13-14-26-27(23,24)16(18(21)22)15-17(19)20/h16H,2-15H2,1H3,(H,19,20)(H,21,22). The normalized spacial score (nSPS) is 12.8. The van der Waals surface area contributed by atoms with E-state index in [4.69, 9.17) is 14.9 Å². The number of carboxylic acids is 2. The van der Waals surface area contributed by atoms with E-state index in [1.807, 2.05) is 0 Å². The monoisotopic (exact) mass is 410 g/mol. The largest absolute Gasteiger partial charge is 0.481 e. The van der Waals surface area contributed by atoms with Gasteiger partial charge in [-0.2, -0.15) is 8.42 Å². The summed E-state index contributed by atoms with van der Waals surface area (Å²) in [7, 11) is -4.49. The Balaban J connectivity index is 3.65. The average Bonchev–Trinajstić information content (AvgIpc) is 2.59. The fourth-order valence-corrected chi connectivity index (χ4v) is 3.61. The lowest BCUT2D eigenvalue weighted by Gasteiger charge is -2.11. The Kier molecular flexibility index (Phi) is 15.1. The van der Waals surface area contributed by atoms with Crippen LogP contribution in [0.15, 0.2) is 0 Å². The number of rotatable bonds is 19. The SMILES string of the molecule is CCCCCCCCCCCCOCCOS(=O)(=O)C(CC(=O)O)C(=O)O. The average molecular weight is 411 g/mol. The maximum absolute atomic E-state index is 11.7. The number of hydrogen-bond acceptors (Lipinski definition) is 6. The highest BCUT2D eigenvalue weighted by Crippen LogP contribution is 2.11. The molecule has 0 fully saturated rings. The van der Waals surface area contributed by atoms with E-state index in [-0.39, 0.29) is 13.2 Å². The molecule has 0 bridgehead atoms. The van der Waals surface area contributed by atoms with Crippen LogP contribution >= 0.6 is 0 Å². The summed E-state index contributed by atoms with van der Waals surface area (Å²) in [5.41, 5.74) is 0. The van der Waals surface area contributed by atoms with Crippen LogP contribution < -0.4 is 0 Å². The molecule has 0 aromatic rings. The fraction of sp³-hybridized carbons (Fsp3) is 0.889. The van der Waals surface area contributed by atoms with E-state index in [1.54, 1.807) is 0 Å². The van der Waals surface area contributed by atoms with E-state index < -0.39 is 33.7 Å².